The van der Waals surface area contributed by atoms with Crippen molar-refractivity contribution >= 4 is 11.6 Å². The highest BCUT2D eigenvalue weighted by Gasteiger charge is 2.05. The topological polar surface area (TPSA) is 47.3 Å². The number of hydrogen-bond acceptors (Lipinski definition) is 3. The fraction of sp³-hybridized carbons (Fsp3) is 0.625. The Bertz CT molecular complexity index is 252. The van der Waals surface area contributed by atoms with E-state index in [2.05, 4.69) is 5.10 Å². The molecular weight excluding hydrogens is 192 g/mol. The van der Waals surface area contributed by atoms with Gasteiger partial charge in [0.25, 0.3) is 0 Å². The number of rotatable bonds is 5. The number of halogens is 1. The maximum absolute atomic E-state index is 9.41. The van der Waals surface area contributed by atoms with E-state index in [9.17, 15) is 5.11 Å². The second-order valence-electron chi connectivity index (χ2n) is 2.69. The molecule has 0 fully saturated rings. The standard InChI is InChI=1S/C8H13ClN2O2/c1-2-13-6-8(12)5-11-4-7(9)3-10-11/h3-4,8,12H,2,5-6H2,1H3. The van der Waals surface area contributed by atoms with E-state index in [0.717, 1.165) is 0 Å². The number of aromatic nitrogens is 2. The monoisotopic (exact) mass is 204 g/mol. The number of hydrogen-bond donors (Lipinski definition) is 1. The van der Waals surface area contributed by atoms with Crippen LogP contribution in [0.15, 0.2) is 12.4 Å². The van der Waals surface area contributed by atoms with E-state index in [1.165, 1.54) is 6.20 Å². The molecule has 0 saturated heterocycles. The van der Waals surface area contributed by atoms with Crippen molar-refractivity contribution in [2.24, 2.45) is 0 Å². The second kappa shape index (κ2) is 5.21. The lowest BCUT2D eigenvalue weighted by Crippen LogP contribution is -2.22. The molecular formula is C8H13ClN2O2. The number of nitrogens with zero attached hydrogens (tertiary/aromatic N) is 2. The van der Waals surface area contributed by atoms with Crippen molar-refractivity contribution in [3.63, 3.8) is 0 Å². The molecule has 0 aromatic carbocycles. The highest BCUT2D eigenvalue weighted by atomic mass is 35.5. The molecule has 1 N–H and O–H groups in total. The lowest BCUT2D eigenvalue weighted by atomic mass is 10.4. The smallest absolute Gasteiger partial charge is 0.0968 e. The van der Waals surface area contributed by atoms with Gasteiger partial charge in [0.15, 0.2) is 0 Å². The van der Waals surface area contributed by atoms with Gasteiger partial charge >= 0.3 is 0 Å². The van der Waals surface area contributed by atoms with Gasteiger partial charge < -0.3 is 9.84 Å². The Morgan fingerprint density at radius 1 is 1.77 bits per heavy atom. The molecule has 74 valence electrons. The molecule has 0 bridgehead atoms. The van der Waals surface area contributed by atoms with Crippen LogP contribution >= 0.6 is 11.6 Å². The predicted molar refractivity (Wildman–Crippen MR) is 49.7 cm³/mol. The van der Waals surface area contributed by atoms with Crippen LogP contribution in [-0.2, 0) is 11.3 Å². The lowest BCUT2D eigenvalue weighted by Gasteiger charge is -2.09. The van der Waals surface area contributed by atoms with Crippen molar-refractivity contribution in [3.8, 4) is 0 Å². The Kier molecular flexibility index (Phi) is 4.21. The number of aliphatic hydroxyl groups is 1. The fourth-order valence-electron chi connectivity index (χ4n) is 0.961. The van der Waals surface area contributed by atoms with Crippen LogP contribution in [-0.4, -0.2) is 34.2 Å². The van der Waals surface area contributed by atoms with E-state index in [4.69, 9.17) is 16.3 Å². The van der Waals surface area contributed by atoms with Crippen molar-refractivity contribution in [1.29, 1.82) is 0 Å². The molecule has 1 aromatic rings. The van der Waals surface area contributed by atoms with Crippen LogP contribution in [0.3, 0.4) is 0 Å². The van der Waals surface area contributed by atoms with Gasteiger partial charge in [0.05, 0.1) is 30.5 Å². The summed E-state index contributed by atoms with van der Waals surface area (Å²) in [6.07, 6.45) is 2.67. The maximum Gasteiger partial charge on any atom is 0.0968 e. The molecule has 0 aliphatic rings. The van der Waals surface area contributed by atoms with Crippen molar-refractivity contribution < 1.29 is 9.84 Å². The van der Waals surface area contributed by atoms with Crippen LogP contribution in [0.5, 0.6) is 0 Å². The summed E-state index contributed by atoms with van der Waals surface area (Å²) in [5.74, 6) is 0. The molecule has 0 amide bonds. The third-order valence-electron chi connectivity index (χ3n) is 1.51. The molecule has 0 radical (unpaired) electrons. The quantitative estimate of drug-likeness (QED) is 0.777. The first kappa shape index (κ1) is 10.5. The van der Waals surface area contributed by atoms with Gasteiger partial charge in [-0.15, -0.1) is 0 Å². The van der Waals surface area contributed by atoms with E-state index < -0.39 is 6.10 Å². The van der Waals surface area contributed by atoms with Gasteiger partial charge in [-0.3, -0.25) is 4.68 Å². The van der Waals surface area contributed by atoms with Gasteiger partial charge in [0.1, 0.15) is 0 Å². The zero-order valence-corrected chi connectivity index (χ0v) is 8.24. The molecule has 1 heterocycles. The third-order valence-corrected chi connectivity index (χ3v) is 1.71. The Labute approximate surface area is 82.1 Å². The average molecular weight is 205 g/mol. The van der Waals surface area contributed by atoms with Crippen molar-refractivity contribution in [1.82, 2.24) is 9.78 Å². The van der Waals surface area contributed by atoms with Gasteiger partial charge in [0, 0.05) is 12.8 Å². The van der Waals surface area contributed by atoms with Gasteiger partial charge in [0.2, 0.25) is 0 Å². The fourth-order valence-corrected chi connectivity index (χ4v) is 1.12. The van der Waals surface area contributed by atoms with Crippen LogP contribution in [0.2, 0.25) is 5.02 Å². The van der Waals surface area contributed by atoms with Gasteiger partial charge in [-0.05, 0) is 6.92 Å². The Hall–Kier alpha value is -0.580. The molecule has 4 nitrogen and oxygen atoms in total. The molecule has 13 heavy (non-hydrogen) atoms. The summed E-state index contributed by atoms with van der Waals surface area (Å²) in [5, 5.41) is 13.9. The van der Waals surface area contributed by atoms with Gasteiger partial charge in [-0.1, -0.05) is 11.6 Å². The first-order valence-corrected chi connectivity index (χ1v) is 4.54. The largest absolute Gasteiger partial charge is 0.389 e. The number of ether oxygens (including phenoxy) is 1. The summed E-state index contributed by atoms with van der Waals surface area (Å²) < 4.78 is 6.64. The summed E-state index contributed by atoms with van der Waals surface area (Å²) in [6.45, 7) is 3.23. The molecule has 0 aliphatic carbocycles. The van der Waals surface area contributed by atoms with Crippen LogP contribution in [0.25, 0.3) is 0 Å². The molecule has 5 heteroatoms. The summed E-state index contributed by atoms with van der Waals surface area (Å²) in [7, 11) is 0. The zero-order chi connectivity index (χ0) is 9.68. The molecule has 1 unspecified atom stereocenters. The molecule has 0 aliphatic heterocycles. The lowest BCUT2D eigenvalue weighted by molar-refractivity contribution is 0.0316. The molecule has 0 spiro atoms. The SMILES string of the molecule is CCOCC(O)Cn1cc(Cl)cn1. The first-order valence-electron chi connectivity index (χ1n) is 4.16. The normalized spacial score (nSPS) is 13.2. The highest BCUT2D eigenvalue weighted by Crippen LogP contribution is 2.05. The van der Waals surface area contributed by atoms with Gasteiger partial charge in [-0.2, -0.15) is 5.10 Å². The minimum atomic E-state index is -0.532. The predicted octanol–water partition coefficient (Wildman–Crippen LogP) is 0.934. The minimum absolute atomic E-state index is 0.327. The molecule has 1 aromatic heterocycles. The van der Waals surface area contributed by atoms with E-state index in [1.807, 2.05) is 6.92 Å². The van der Waals surface area contributed by atoms with Crippen molar-refractivity contribution in [2.45, 2.75) is 19.6 Å². The van der Waals surface area contributed by atoms with Crippen LogP contribution in [0.4, 0.5) is 0 Å². The zero-order valence-electron chi connectivity index (χ0n) is 7.48. The summed E-state index contributed by atoms with van der Waals surface area (Å²) in [5.41, 5.74) is 0. The Morgan fingerprint density at radius 2 is 2.54 bits per heavy atom. The second-order valence-corrected chi connectivity index (χ2v) is 3.13. The summed E-state index contributed by atoms with van der Waals surface area (Å²) >= 11 is 5.65. The summed E-state index contributed by atoms with van der Waals surface area (Å²) in [4.78, 5) is 0. The highest BCUT2D eigenvalue weighted by molar-refractivity contribution is 6.30. The minimum Gasteiger partial charge on any atom is -0.389 e. The molecule has 1 rings (SSSR count). The van der Waals surface area contributed by atoms with E-state index in [0.29, 0.717) is 24.8 Å². The molecule has 0 saturated carbocycles. The van der Waals surface area contributed by atoms with Crippen molar-refractivity contribution in [3.05, 3.63) is 17.4 Å². The molecule has 1 atom stereocenters. The van der Waals surface area contributed by atoms with Crippen molar-refractivity contribution in [2.75, 3.05) is 13.2 Å². The Morgan fingerprint density at radius 3 is 3.08 bits per heavy atom. The first-order chi connectivity index (χ1) is 6.22. The van der Waals surface area contributed by atoms with Crippen LogP contribution in [0.1, 0.15) is 6.92 Å². The van der Waals surface area contributed by atoms with Gasteiger partial charge in [-0.25, -0.2) is 0 Å². The third kappa shape index (κ3) is 3.76. The van der Waals surface area contributed by atoms with E-state index in [1.54, 1.807) is 10.9 Å². The van der Waals surface area contributed by atoms with E-state index in [-0.39, 0.29) is 0 Å². The van der Waals surface area contributed by atoms with E-state index >= 15 is 0 Å². The maximum atomic E-state index is 9.41. The van der Waals surface area contributed by atoms with Crippen LogP contribution in [0, 0.1) is 0 Å². The average Bonchev–Trinajstić information content (AvgIpc) is 2.48. The Balaban J connectivity index is 2.31. The van der Waals surface area contributed by atoms with Crippen LogP contribution < -0.4 is 0 Å². The summed E-state index contributed by atoms with van der Waals surface area (Å²) in [6, 6.07) is 0. The number of aliphatic hydroxyl groups excluding tert-OH is 1.